The maximum absolute atomic E-state index is 12.2. The third-order valence-corrected chi connectivity index (χ3v) is 5.45. The molecular formula is C15H25ClN2O2S. The molecule has 0 amide bonds. The zero-order valence-corrected chi connectivity index (χ0v) is 13.8. The molecule has 1 aliphatic carbocycles. The van der Waals surface area contributed by atoms with E-state index in [2.05, 4.69) is 4.72 Å². The second kappa shape index (κ2) is 8.73. The standard InChI is InChI=1S/C15H24N2O2S.ClH/c16-12-14-8-4-5-9-15(14)17-20(18,19)11-10-13-6-2-1-3-7-13;/h1-3,6-7,14-15,17H,4-5,8-12,16H2;1H. The fourth-order valence-electron chi connectivity index (χ4n) is 2.83. The van der Waals surface area contributed by atoms with Crippen LogP contribution in [0.5, 0.6) is 0 Å². The summed E-state index contributed by atoms with van der Waals surface area (Å²) in [7, 11) is -3.23. The van der Waals surface area contributed by atoms with Crippen molar-refractivity contribution < 1.29 is 8.42 Å². The second-order valence-corrected chi connectivity index (χ2v) is 7.43. The molecule has 0 aliphatic heterocycles. The Morgan fingerprint density at radius 3 is 2.48 bits per heavy atom. The highest BCUT2D eigenvalue weighted by molar-refractivity contribution is 7.89. The van der Waals surface area contributed by atoms with Crippen LogP contribution in [-0.4, -0.2) is 26.8 Å². The molecule has 6 heteroatoms. The van der Waals surface area contributed by atoms with Crippen molar-refractivity contribution in [2.24, 2.45) is 11.7 Å². The minimum atomic E-state index is -3.23. The second-order valence-electron chi connectivity index (χ2n) is 5.56. The zero-order valence-electron chi connectivity index (χ0n) is 12.2. The summed E-state index contributed by atoms with van der Waals surface area (Å²) < 4.78 is 27.2. The molecule has 1 fully saturated rings. The van der Waals surface area contributed by atoms with Gasteiger partial charge in [-0.1, -0.05) is 43.2 Å². The molecule has 0 heterocycles. The van der Waals surface area contributed by atoms with Crippen LogP contribution in [0, 0.1) is 5.92 Å². The molecule has 1 aromatic rings. The molecule has 0 saturated heterocycles. The van der Waals surface area contributed by atoms with Crippen molar-refractivity contribution in [3.8, 4) is 0 Å². The highest BCUT2D eigenvalue weighted by Crippen LogP contribution is 2.24. The minimum Gasteiger partial charge on any atom is -0.330 e. The number of aryl methyl sites for hydroxylation is 1. The highest BCUT2D eigenvalue weighted by atomic mass is 35.5. The van der Waals surface area contributed by atoms with Crippen molar-refractivity contribution in [3.05, 3.63) is 35.9 Å². The Labute approximate surface area is 134 Å². The van der Waals surface area contributed by atoms with Crippen molar-refractivity contribution in [2.45, 2.75) is 38.1 Å². The van der Waals surface area contributed by atoms with E-state index in [-0.39, 0.29) is 30.1 Å². The number of sulfonamides is 1. The van der Waals surface area contributed by atoms with Gasteiger partial charge in [0, 0.05) is 6.04 Å². The number of halogens is 1. The molecule has 0 aromatic heterocycles. The predicted octanol–water partition coefficient (Wildman–Crippen LogP) is 2.09. The summed E-state index contributed by atoms with van der Waals surface area (Å²) in [4.78, 5) is 0. The van der Waals surface area contributed by atoms with Crippen LogP contribution in [0.3, 0.4) is 0 Å². The zero-order chi connectivity index (χ0) is 14.4. The van der Waals surface area contributed by atoms with Gasteiger partial charge in [0.05, 0.1) is 5.75 Å². The quantitative estimate of drug-likeness (QED) is 0.837. The van der Waals surface area contributed by atoms with Crippen LogP contribution in [-0.2, 0) is 16.4 Å². The molecule has 1 aliphatic rings. The van der Waals surface area contributed by atoms with Gasteiger partial charge in [0.2, 0.25) is 10.0 Å². The van der Waals surface area contributed by atoms with Crippen molar-refractivity contribution in [2.75, 3.05) is 12.3 Å². The largest absolute Gasteiger partial charge is 0.330 e. The van der Waals surface area contributed by atoms with Gasteiger partial charge in [-0.25, -0.2) is 13.1 Å². The molecule has 3 N–H and O–H groups in total. The predicted molar refractivity (Wildman–Crippen MR) is 89.1 cm³/mol. The van der Waals surface area contributed by atoms with Crippen LogP contribution >= 0.6 is 12.4 Å². The number of nitrogens with two attached hydrogens (primary N) is 1. The molecule has 21 heavy (non-hydrogen) atoms. The lowest BCUT2D eigenvalue weighted by Crippen LogP contribution is -2.45. The molecule has 0 radical (unpaired) electrons. The van der Waals surface area contributed by atoms with Crippen molar-refractivity contribution in [1.29, 1.82) is 0 Å². The highest BCUT2D eigenvalue weighted by Gasteiger charge is 2.27. The molecule has 2 atom stereocenters. The normalized spacial score (nSPS) is 22.5. The van der Waals surface area contributed by atoms with Gasteiger partial charge in [-0.3, -0.25) is 0 Å². The summed E-state index contributed by atoms with van der Waals surface area (Å²) in [5.74, 6) is 0.431. The van der Waals surface area contributed by atoms with Crippen molar-refractivity contribution >= 4 is 22.4 Å². The summed E-state index contributed by atoms with van der Waals surface area (Å²) in [6.45, 7) is 0.561. The third kappa shape index (κ3) is 5.94. The van der Waals surface area contributed by atoms with Gasteiger partial charge in [0.25, 0.3) is 0 Å². The molecule has 4 nitrogen and oxygen atoms in total. The van der Waals surface area contributed by atoms with Crippen LogP contribution in [0.25, 0.3) is 0 Å². The summed E-state index contributed by atoms with van der Waals surface area (Å²) in [6, 6.07) is 9.73. The van der Waals surface area contributed by atoms with E-state index >= 15 is 0 Å². The topological polar surface area (TPSA) is 72.2 Å². The molecule has 1 aromatic carbocycles. The van der Waals surface area contributed by atoms with E-state index in [0.29, 0.717) is 13.0 Å². The summed E-state index contributed by atoms with van der Waals surface area (Å²) in [6.07, 6.45) is 4.73. The van der Waals surface area contributed by atoms with E-state index in [1.54, 1.807) is 0 Å². The van der Waals surface area contributed by atoms with Crippen molar-refractivity contribution in [1.82, 2.24) is 4.72 Å². The lowest BCUT2D eigenvalue weighted by atomic mass is 9.85. The first-order valence-electron chi connectivity index (χ1n) is 7.35. The van der Waals surface area contributed by atoms with E-state index in [0.717, 1.165) is 31.2 Å². The van der Waals surface area contributed by atoms with Crippen LogP contribution < -0.4 is 10.5 Å². The first-order valence-corrected chi connectivity index (χ1v) is 9.00. The van der Waals surface area contributed by atoms with Crippen molar-refractivity contribution in [3.63, 3.8) is 0 Å². The average Bonchev–Trinajstić information content (AvgIpc) is 2.47. The van der Waals surface area contributed by atoms with Gasteiger partial charge < -0.3 is 5.73 Å². The lowest BCUT2D eigenvalue weighted by molar-refractivity contribution is 0.296. The third-order valence-electron chi connectivity index (χ3n) is 4.05. The number of benzene rings is 1. The Bertz CT molecular complexity index is 508. The molecule has 1 saturated carbocycles. The van der Waals surface area contributed by atoms with Gasteiger partial charge in [0.1, 0.15) is 0 Å². The van der Waals surface area contributed by atoms with E-state index < -0.39 is 10.0 Å². The Kier molecular flexibility index (Phi) is 7.66. The van der Waals surface area contributed by atoms with Crippen LogP contribution in [0.15, 0.2) is 30.3 Å². The van der Waals surface area contributed by atoms with Gasteiger partial charge in [-0.2, -0.15) is 0 Å². The number of hydrogen-bond acceptors (Lipinski definition) is 3. The Hall–Kier alpha value is -0.620. The van der Waals surface area contributed by atoms with Gasteiger partial charge in [-0.15, -0.1) is 12.4 Å². The van der Waals surface area contributed by atoms with E-state index in [1.165, 1.54) is 0 Å². The fourth-order valence-corrected chi connectivity index (χ4v) is 4.23. The summed E-state index contributed by atoms with van der Waals surface area (Å²) in [5, 5.41) is 0. The lowest BCUT2D eigenvalue weighted by Gasteiger charge is -2.31. The number of nitrogens with one attached hydrogen (secondary N) is 1. The smallest absolute Gasteiger partial charge is 0.212 e. The first kappa shape index (κ1) is 18.4. The maximum Gasteiger partial charge on any atom is 0.212 e. The molecule has 120 valence electrons. The van der Waals surface area contributed by atoms with E-state index in [4.69, 9.17) is 5.73 Å². The van der Waals surface area contributed by atoms with Gasteiger partial charge >= 0.3 is 0 Å². The maximum atomic E-state index is 12.2. The van der Waals surface area contributed by atoms with Crippen LogP contribution in [0.4, 0.5) is 0 Å². The van der Waals surface area contributed by atoms with E-state index in [1.807, 2.05) is 30.3 Å². The average molecular weight is 333 g/mol. The number of rotatable bonds is 6. The Morgan fingerprint density at radius 2 is 1.81 bits per heavy atom. The van der Waals surface area contributed by atoms with Gasteiger partial charge in [0.15, 0.2) is 0 Å². The first-order chi connectivity index (χ1) is 9.61. The molecular weight excluding hydrogens is 308 g/mol. The molecule has 0 spiro atoms. The minimum absolute atomic E-state index is 0. The molecule has 2 rings (SSSR count). The summed E-state index contributed by atoms with van der Waals surface area (Å²) >= 11 is 0. The van der Waals surface area contributed by atoms with Crippen LogP contribution in [0.1, 0.15) is 31.2 Å². The van der Waals surface area contributed by atoms with E-state index in [9.17, 15) is 8.42 Å². The van der Waals surface area contributed by atoms with Gasteiger partial charge in [-0.05, 0) is 37.3 Å². The monoisotopic (exact) mass is 332 g/mol. The van der Waals surface area contributed by atoms with Crippen LogP contribution in [0.2, 0.25) is 0 Å². The summed E-state index contributed by atoms with van der Waals surface area (Å²) in [5.41, 5.74) is 6.80. The molecule has 2 unspecified atom stereocenters. The molecule has 0 bridgehead atoms. The Balaban J connectivity index is 0.00000220. The Morgan fingerprint density at radius 1 is 1.14 bits per heavy atom. The fraction of sp³-hybridized carbons (Fsp3) is 0.600. The SMILES string of the molecule is Cl.NCC1CCCCC1NS(=O)(=O)CCc1ccccc1. The number of hydrogen-bond donors (Lipinski definition) is 2.